The van der Waals surface area contributed by atoms with Crippen LogP contribution in [0.2, 0.25) is 0 Å². The first-order chi connectivity index (χ1) is 12.2. The van der Waals surface area contributed by atoms with Crippen LogP contribution in [0.1, 0.15) is 26.3 Å². The Kier molecular flexibility index (Phi) is 6.15. The highest BCUT2D eigenvalue weighted by molar-refractivity contribution is 7.89. The van der Waals surface area contributed by atoms with Crippen LogP contribution < -0.4 is 18.9 Å². The summed E-state index contributed by atoms with van der Waals surface area (Å²) in [6.45, 7) is 5.98. The topological polar surface area (TPSA) is 73.9 Å². The normalized spacial score (nSPS) is 11.9. The predicted octanol–water partition coefficient (Wildman–Crippen LogP) is 3.32. The largest absolute Gasteiger partial charge is 0.494 e. The van der Waals surface area contributed by atoms with Crippen LogP contribution in [-0.4, -0.2) is 29.2 Å². The lowest BCUT2D eigenvalue weighted by Gasteiger charge is -2.27. The van der Waals surface area contributed by atoms with Crippen molar-refractivity contribution in [1.82, 2.24) is 4.72 Å². The van der Waals surface area contributed by atoms with E-state index in [1.807, 2.05) is 13.0 Å². The molecule has 7 heteroatoms. The summed E-state index contributed by atoms with van der Waals surface area (Å²) in [7, 11) is -0.617. The maximum atomic E-state index is 12.8. The zero-order chi connectivity index (χ0) is 19.4. The van der Waals surface area contributed by atoms with E-state index in [1.54, 1.807) is 52.3 Å². The number of benzene rings is 2. The molecule has 0 saturated heterocycles. The third-order valence-corrected chi connectivity index (χ3v) is 5.61. The van der Waals surface area contributed by atoms with Gasteiger partial charge in [-0.15, -0.1) is 0 Å². The lowest BCUT2D eigenvalue weighted by Crippen LogP contribution is -2.40. The third kappa shape index (κ3) is 4.47. The van der Waals surface area contributed by atoms with Crippen molar-refractivity contribution < 1.29 is 22.6 Å². The third-order valence-electron chi connectivity index (χ3n) is 3.94. The van der Waals surface area contributed by atoms with E-state index in [-0.39, 0.29) is 4.90 Å². The fraction of sp³-hybridized carbons (Fsp3) is 0.368. The van der Waals surface area contributed by atoms with Gasteiger partial charge in [0.05, 0.1) is 31.3 Å². The minimum absolute atomic E-state index is 0.175. The van der Waals surface area contributed by atoms with Gasteiger partial charge in [0.1, 0.15) is 5.75 Å². The molecular weight excluding hydrogens is 354 g/mol. The van der Waals surface area contributed by atoms with Gasteiger partial charge >= 0.3 is 0 Å². The molecule has 6 nitrogen and oxygen atoms in total. The van der Waals surface area contributed by atoms with Gasteiger partial charge < -0.3 is 14.2 Å². The van der Waals surface area contributed by atoms with E-state index < -0.39 is 15.6 Å². The Hall–Kier alpha value is -2.25. The second kappa shape index (κ2) is 7.97. The Morgan fingerprint density at radius 3 is 2.12 bits per heavy atom. The first kappa shape index (κ1) is 20.1. The minimum Gasteiger partial charge on any atom is -0.494 e. The molecule has 0 bridgehead atoms. The van der Waals surface area contributed by atoms with E-state index in [9.17, 15) is 8.42 Å². The number of methoxy groups -OCH3 is 2. The monoisotopic (exact) mass is 379 g/mol. The fourth-order valence-corrected chi connectivity index (χ4v) is 3.96. The van der Waals surface area contributed by atoms with Crippen LogP contribution in [0.5, 0.6) is 17.2 Å². The molecule has 0 aliphatic rings. The first-order valence-corrected chi connectivity index (χ1v) is 9.71. The lowest BCUT2D eigenvalue weighted by molar-refractivity contribution is 0.340. The Balaban J connectivity index is 2.29. The SMILES string of the molecule is CCOc1ccc(S(=O)(=O)NC(C)(C)c2ccc(OC)c(OC)c2)cc1. The Morgan fingerprint density at radius 1 is 0.962 bits per heavy atom. The van der Waals surface area contributed by atoms with Crippen molar-refractivity contribution in [1.29, 1.82) is 0 Å². The van der Waals surface area contributed by atoms with Crippen LogP contribution in [0.25, 0.3) is 0 Å². The minimum atomic E-state index is -3.71. The molecule has 2 aromatic rings. The van der Waals surface area contributed by atoms with Gasteiger partial charge in [0.2, 0.25) is 10.0 Å². The van der Waals surface area contributed by atoms with Crippen LogP contribution in [0.4, 0.5) is 0 Å². The molecule has 1 N–H and O–H groups in total. The molecule has 2 aromatic carbocycles. The molecule has 0 unspecified atom stereocenters. The van der Waals surface area contributed by atoms with E-state index >= 15 is 0 Å². The highest BCUT2D eigenvalue weighted by Gasteiger charge is 2.29. The predicted molar refractivity (Wildman–Crippen MR) is 101 cm³/mol. The summed E-state index contributed by atoms with van der Waals surface area (Å²) in [6.07, 6.45) is 0. The maximum Gasteiger partial charge on any atom is 0.241 e. The molecule has 0 heterocycles. The van der Waals surface area contributed by atoms with Gasteiger partial charge in [0.15, 0.2) is 11.5 Å². The number of hydrogen-bond donors (Lipinski definition) is 1. The maximum absolute atomic E-state index is 12.8. The lowest BCUT2D eigenvalue weighted by atomic mass is 9.95. The molecule has 26 heavy (non-hydrogen) atoms. The van der Waals surface area contributed by atoms with Crippen molar-refractivity contribution in [2.24, 2.45) is 0 Å². The molecular formula is C19H25NO5S. The molecule has 142 valence electrons. The molecule has 0 aliphatic heterocycles. The van der Waals surface area contributed by atoms with Crippen LogP contribution >= 0.6 is 0 Å². The summed E-state index contributed by atoms with van der Waals surface area (Å²) in [5, 5.41) is 0. The Morgan fingerprint density at radius 2 is 1.58 bits per heavy atom. The molecule has 0 aliphatic carbocycles. The summed E-state index contributed by atoms with van der Waals surface area (Å²) in [6, 6.07) is 11.7. The molecule has 0 radical (unpaired) electrons. The van der Waals surface area contributed by atoms with Crippen LogP contribution in [0.3, 0.4) is 0 Å². The van der Waals surface area contributed by atoms with Crippen molar-refractivity contribution in [2.75, 3.05) is 20.8 Å². The number of sulfonamides is 1. The summed E-state index contributed by atoms with van der Waals surface area (Å²) < 4.78 is 44.1. The standard InChI is InChI=1S/C19H25NO5S/c1-6-25-15-8-10-16(11-9-15)26(21,22)20-19(2,3)14-7-12-17(23-4)18(13-14)24-5/h7-13,20H,6H2,1-5H3. The number of ether oxygens (including phenoxy) is 3. The summed E-state index contributed by atoms with van der Waals surface area (Å²) in [5.74, 6) is 1.75. The highest BCUT2D eigenvalue weighted by atomic mass is 32.2. The van der Waals surface area contributed by atoms with Crippen LogP contribution in [-0.2, 0) is 15.6 Å². The summed E-state index contributed by atoms with van der Waals surface area (Å²) in [5.41, 5.74) is -0.0959. The molecule has 0 aromatic heterocycles. The molecule has 0 fully saturated rings. The van der Waals surface area contributed by atoms with Crippen molar-refractivity contribution in [3.8, 4) is 17.2 Å². The summed E-state index contributed by atoms with van der Waals surface area (Å²) in [4.78, 5) is 0.175. The zero-order valence-electron chi connectivity index (χ0n) is 15.7. The second-order valence-electron chi connectivity index (χ2n) is 6.20. The van der Waals surface area contributed by atoms with Crippen molar-refractivity contribution >= 4 is 10.0 Å². The van der Waals surface area contributed by atoms with E-state index in [0.717, 1.165) is 5.56 Å². The van der Waals surface area contributed by atoms with Gasteiger partial charge in [0, 0.05) is 0 Å². The van der Waals surface area contributed by atoms with E-state index in [1.165, 1.54) is 12.1 Å². The van der Waals surface area contributed by atoms with Gasteiger partial charge in [-0.3, -0.25) is 0 Å². The number of hydrogen-bond acceptors (Lipinski definition) is 5. The zero-order valence-corrected chi connectivity index (χ0v) is 16.5. The van der Waals surface area contributed by atoms with Gasteiger partial charge in [-0.25, -0.2) is 13.1 Å². The Labute approximate surface area is 155 Å². The quantitative estimate of drug-likeness (QED) is 0.762. The molecule has 2 rings (SSSR count). The second-order valence-corrected chi connectivity index (χ2v) is 7.89. The van der Waals surface area contributed by atoms with Gasteiger partial charge in [-0.2, -0.15) is 0 Å². The summed E-state index contributed by atoms with van der Waals surface area (Å²) >= 11 is 0. The van der Waals surface area contributed by atoms with Gasteiger partial charge in [-0.05, 0) is 62.7 Å². The number of rotatable bonds is 8. The smallest absolute Gasteiger partial charge is 0.241 e. The average molecular weight is 379 g/mol. The van der Waals surface area contributed by atoms with Gasteiger partial charge in [-0.1, -0.05) is 6.07 Å². The molecule has 0 saturated carbocycles. The van der Waals surface area contributed by atoms with Crippen LogP contribution in [0, 0.1) is 0 Å². The first-order valence-electron chi connectivity index (χ1n) is 8.23. The van der Waals surface area contributed by atoms with Gasteiger partial charge in [0.25, 0.3) is 0 Å². The fourth-order valence-electron chi connectivity index (χ4n) is 2.56. The van der Waals surface area contributed by atoms with E-state index in [2.05, 4.69) is 4.72 Å². The van der Waals surface area contributed by atoms with E-state index in [4.69, 9.17) is 14.2 Å². The van der Waals surface area contributed by atoms with Crippen LogP contribution in [0.15, 0.2) is 47.4 Å². The van der Waals surface area contributed by atoms with Crippen molar-refractivity contribution in [2.45, 2.75) is 31.2 Å². The molecule has 0 atom stereocenters. The number of nitrogens with one attached hydrogen (secondary N) is 1. The highest BCUT2D eigenvalue weighted by Crippen LogP contribution is 2.33. The van der Waals surface area contributed by atoms with Crippen molar-refractivity contribution in [3.05, 3.63) is 48.0 Å². The molecule has 0 spiro atoms. The Bertz CT molecular complexity index is 845. The van der Waals surface area contributed by atoms with E-state index in [0.29, 0.717) is 23.9 Å². The molecule has 0 amide bonds. The van der Waals surface area contributed by atoms with Crippen molar-refractivity contribution in [3.63, 3.8) is 0 Å². The average Bonchev–Trinajstić information content (AvgIpc) is 2.61.